The highest BCUT2D eigenvalue weighted by molar-refractivity contribution is 7.13. The minimum absolute atomic E-state index is 0.0224. The first-order valence-electron chi connectivity index (χ1n) is 7.39. The van der Waals surface area contributed by atoms with Crippen LogP contribution in [0.1, 0.15) is 23.2 Å². The topological polar surface area (TPSA) is 118 Å². The van der Waals surface area contributed by atoms with Crippen molar-refractivity contribution in [2.24, 2.45) is 5.16 Å². The van der Waals surface area contributed by atoms with Crippen molar-refractivity contribution in [2.45, 2.75) is 25.6 Å². The summed E-state index contributed by atoms with van der Waals surface area (Å²) >= 11 is 1.15. The van der Waals surface area contributed by atoms with E-state index in [4.69, 9.17) is 15.6 Å². The maximum absolute atomic E-state index is 12.4. The number of ketones is 1. The Bertz CT molecular complexity index is 808. The molecule has 7 nitrogen and oxygen atoms in total. The SMILES string of the molecule is Cc1cccc2c1OB(O)[C@@H](CC(=O)/C(=N/O)c1csc(N)n1)C2. The molecule has 1 aliphatic heterocycles. The number of hydrogen-bond donors (Lipinski definition) is 3. The van der Waals surface area contributed by atoms with E-state index in [1.54, 1.807) is 5.38 Å². The van der Waals surface area contributed by atoms with Crippen LogP contribution >= 0.6 is 11.3 Å². The number of carbonyl (C=O) groups is 1. The van der Waals surface area contributed by atoms with Crippen LogP contribution in [-0.2, 0) is 11.2 Å². The van der Waals surface area contributed by atoms with E-state index in [1.165, 1.54) is 0 Å². The molecular formula is C15H16BN3O4S. The van der Waals surface area contributed by atoms with Crippen molar-refractivity contribution in [3.8, 4) is 5.75 Å². The van der Waals surface area contributed by atoms with Gasteiger partial charge in [-0.25, -0.2) is 4.98 Å². The molecule has 0 unspecified atom stereocenters. The number of nitrogen functional groups attached to an aromatic ring is 1. The first kappa shape index (κ1) is 16.5. The maximum atomic E-state index is 12.4. The Labute approximate surface area is 142 Å². The average molecular weight is 345 g/mol. The van der Waals surface area contributed by atoms with E-state index in [9.17, 15) is 9.82 Å². The highest BCUT2D eigenvalue weighted by atomic mass is 32.1. The molecule has 0 saturated carbocycles. The number of fused-ring (bicyclic) bond motifs is 1. The molecule has 0 fully saturated rings. The van der Waals surface area contributed by atoms with Crippen LogP contribution < -0.4 is 10.4 Å². The second-order valence-corrected chi connectivity index (χ2v) is 6.57. The fourth-order valence-corrected chi connectivity index (χ4v) is 3.34. The smallest absolute Gasteiger partial charge is 0.526 e. The van der Waals surface area contributed by atoms with Crippen LogP contribution in [-0.4, -0.2) is 33.8 Å². The summed E-state index contributed by atoms with van der Waals surface area (Å²) < 4.78 is 5.57. The van der Waals surface area contributed by atoms with Crippen molar-refractivity contribution in [3.05, 3.63) is 40.4 Å². The van der Waals surface area contributed by atoms with Crippen LogP contribution in [0.15, 0.2) is 28.7 Å². The fraction of sp³-hybridized carbons (Fsp3) is 0.267. The number of aryl methyl sites for hydroxylation is 1. The number of para-hydroxylation sites is 1. The van der Waals surface area contributed by atoms with Crippen LogP contribution in [0.3, 0.4) is 0 Å². The van der Waals surface area contributed by atoms with Crippen molar-refractivity contribution in [1.29, 1.82) is 0 Å². The number of oxime groups is 1. The summed E-state index contributed by atoms with van der Waals surface area (Å²) in [6.45, 7) is 1.90. The third-order valence-electron chi connectivity index (χ3n) is 3.99. The zero-order chi connectivity index (χ0) is 17.3. The Kier molecular flexibility index (Phi) is 4.54. The van der Waals surface area contributed by atoms with E-state index < -0.39 is 18.7 Å². The van der Waals surface area contributed by atoms with Crippen molar-refractivity contribution in [2.75, 3.05) is 5.73 Å². The van der Waals surface area contributed by atoms with Crippen LogP contribution in [0.25, 0.3) is 0 Å². The van der Waals surface area contributed by atoms with E-state index in [-0.39, 0.29) is 23.0 Å². The van der Waals surface area contributed by atoms with Gasteiger partial charge in [0.05, 0.1) is 0 Å². The van der Waals surface area contributed by atoms with E-state index in [2.05, 4.69) is 10.1 Å². The van der Waals surface area contributed by atoms with Crippen molar-refractivity contribution >= 4 is 35.1 Å². The van der Waals surface area contributed by atoms with Gasteiger partial charge in [-0.15, -0.1) is 11.3 Å². The van der Waals surface area contributed by atoms with E-state index in [0.29, 0.717) is 12.2 Å². The summed E-state index contributed by atoms with van der Waals surface area (Å²) in [5.74, 6) is -0.192. The summed E-state index contributed by atoms with van der Waals surface area (Å²) in [6.07, 6.45) is 0.479. The lowest BCUT2D eigenvalue weighted by molar-refractivity contribution is -0.113. The third kappa shape index (κ3) is 3.13. The lowest BCUT2D eigenvalue weighted by Crippen LogP contribution is -2.36. The normalized spacial score (nSPS) is 17.3. The van der Waals surface area contributed by atoms with Gasteiger partial charge in [-0.3, -0.25) is 4.79 Å². The van der Waals surface area contributed by atoms with Gasteiger partial charge in [-0.2, -0.15) is 0 Å². The van der Waals surface area contributed by atoms with Gasteiger partial charge in [0.15, 0.2) is 16.6 Å². The molecule has 2 heterocycles. The number of anilines is 1. The van der Waals surface area contributed by atoms with Crippen molar-refractivity contribution in [1.82, 2.24) is 4.98 Å². The number of carbonyl (C=O) groups excluding carboxylic acids is 1. The molecule has 1 atom stereocenters. The summed E-state index contributed by atoms with van der Waals surface area (Å²) in [5.41, 5.74) is 7.49. The first-order chi connectivity index (χ1) is 11.5. The van der Waals surface area contributed by atoms with Crippen LogP contribution in [0.5, 0.6) is 5.75 Å². The first-order valence-corrected chi connectivity index (χ1v) is 8.27. The van der Waals surface area contributed by atoms with E-state index >= 15 is 0 Å². The predicted molar refractivity (Wildman–Crippen MR) is 91.7 cm³/mol. The van der Waals surface area contributed by atoms with Gasteiger partial charge in [0.25, 0.3) is 0 Å². The molecule has 0 amide bonds. The van der Waals surface area contributed by atoms with Gasteiger partial charge in [0, 0.05) is 17.6 Å². The standard InChI is InChI=1S/C15H16BN3O4S/c1-8-3-2-4-9-5-10(16(21)23-14(8)9)6-12(20)13(19-22)11-7-24-15(17)18-11/h2-4,7,10,21-22H,5-6H2,1H3,(H2,17,18)/b19-13+/t10-/m1/s1. The molecule has 0 bridgehead atoms. The number of rotatable bonds is 4. The number of Topliss-reactive ketones (excluding diaryl/α,β-unsaturated/α-hetero) is 1. The Morgan fingerprint density at radius 3 is 3.04 bits per heavy atom. The molecule has 3 rings (SSSR count). The second-order valence-electron chi connectivity index (χ2n) is 5.68. The minimum Gasteiger partial charge on any atom is -0.536 e. The lowest BCUT2D eigenvalue weighted by atomic mass is 9.64. The Hall–Kier alpha value is -2.39. The molecule has 9 heteroatoms. The molecule has 2 aromatic rings. The molecule has 4 N–H and O–H groups in total. The second kappa shape index (κ2) is 6.62. The largest absolute Gasteiger partial charge is 0.536 e. The van der Waals surface area contributed by atoms with Crippen molar-refractivity contribution in [3.63, 3.8) is 0 Å². The molecule has 1 aromatic carbocycles. The minimum atomic E-state index is -1.09. The van der Waals surface area contributed by atoms with E-state index in [1.807, 2.05) is 25.1 Å². The quantitative estimate of drug-likeness (QED) is 0.336. The van der Waals surface area contributed by atoms with Gasteiger partial charge in [0.2, 0.25) is 0 Å². The highest BCUT2D eigenvalue weighted by Crippen LogP contribution is 2.36. The predicted octanol–water partition coefficient (Wildman–Crippen LogP) is 1.66. The molecular weight excluding hydrogens is 329 g/mol. The van der Waals surface area contributed by atoms with Crippen LogP contribution in [0.2, 0.25) is 5.82 Å². The number of thiazole rings is 1. The molecule has 1 aliphatic rings. The summed E-state index contributed by atoms with van der Waals surface area (Å²) in [6, 6.07) is 5.72. The molecule has 124 valence electrons. The highest BCUT2D eigenvalue weighted by Gasteiger charge is 2.37. The van der Waals surface area contributed by atoms with Gasteiger partial charge >= 0.3 is 7.12 Å². The lowest BCUT2D eigenvalue weighted by Gasteiger charge is -2.28. The van der Waals surface area contributed by atoms with Gasteiger partial charge in [-0.1, -0.05) is 23.4 Å². The van der Waals surface area contributed by atoms with Crippen LogP contribution in [0.4, 0.5) is 5.13 Å². The molecule has 1 aromatic heterocycles. The summed E-state index contributed by atoms with van der Waals surface area (Å²) in [7, 11) is -1.09. The fourth-order valence-electron chi connectivity index (χ4n) is 2.80. The summed E-state index contributed by atoms with van der Waals surface area (Å²) in [5, 5.41) is 24.2. The molecule has 0 saturated heterocycles. The number of aromatic nitrogens is 1. The van der Waals surface area contributed by atoms with Gasteiger partial charge in [0.1, 0.15) is 11.4 Å². The zero-order valence-electron chi connectivity index (χ0n) is 13.0. The van der Waals surface area contributed by atoms with E-state index in [0.717, 1.165) is 22.5 Å². The average Bonchev–Trinajstić information content (AvgIpc) is 2.96. The van der Waals surface area contributed by atoms with Crippen LogP contribution in [0, 0.1) is 6.92 Å². The number of nitrogens with two attached hydrogens (primary N) is 1. The molecule has 0 radical (unpaired) electrons. The maximum Gasteiger partial charge on any atom is 0.526 e. The zero-order valence-corrected chi connectivity index (χ0v) is 13.8. The monoisotopic (exact) mass is 345 g/mol. The van der Waals surface area contributed by atoms with Crippen molar-refractivity contribution < 1.29 is 19.7 Å². The van der Waals surface area contributed by atoms with Gasteiger partial charge < -0.3 is 20.6 Å². The van der Waals surface area contributed by atoms with Gasteiger partial charge in [-0.05, 0) is 24.5 Å². The molecule has 0 spiro atoms. The molecule has 24 heavy (non-hydrogen) atoms. The third-order valence-corrected chi connectivity index (χ3v) is 4.67. The summed E-state index contributed by atoms with van der Waals surface area (Å²) in [4.78, 5) is 16.4. The Balaban J connectivity index is 1.77. The Morgan fingerprint density at radius 2 is 2.38 bits per heavy atom. The number of nitrogens with zero attached hydrogens (tertiary/aromatic N) is 2. The number of hydrogen-bond acceptors (Lipinski definition) is 8. The molecule has 0 aliphatic carbocycles. The Morgan fingerprint density at radius 1 is 1.58 bits per heavy atom. The number of benzene rings is 1.